The van der Waals surface area contributed by atoms with Crippen molar-refractivity contribution in [2.45, 2.75) is 33.4 Å². The van der Waals surface area contributed by atoms with Crippen LogP contribution in [0.25, 0.3) is 0 Å². The van der Waals surface area contributed by atoms with E-state index in [-0.39, 0.29) is 5.66 Å². The van der Waals surface area contributed by atoms with E-state index in [1.54, 1.807) is 0 Å². The number of aryl methyl sites for hydroxylation is 2. The van der Waals surface area contributed by atoms with Crippen LogP contribution in [-0.2, 0) is 0 Å². The van der Waals surface area contributed by atoms with Crippen LogP contribution in [0.1, 0.15) is 25.0 Å². The topological polar surface area (TPSA) is 18.5 Å². The minimum atomic E-state index is -2.88. The zero-order chi connectivity index (χ0) is 15.5. The number of halogens is 1. The summed E-state index contributed by atoms with van der Waals surface area (Å²) in [6.07, 6.45) is 0. The summed E-state index contributed by atoms with van der Waals surface area (Å²) in [6, 6.07) is 15.8. The maximum absolute atomic E-state index is 6.74. The first-order chi connectivity index (χ1) is 9.89. The molecule has 0 saturated heterocycles. The number of benzene rings is 2. The van der Waals surface area contributed by atoms with Gasteiger partial charge in [-0.25, -0.2) is 0 Å². The molecule has 0 aromatic heterocycles. The molecule has 2 aromatic rings. The number of hydrogen-bond donors (Lipinski definition) is 0. The Kier molecular flexibility index (Phi) is 5.13. The van der Waals surface area contributed by atoms with Crippen molar-refractivity contribution in [3.63, 3.8) is 0 Å². The zero-order valence-electron chi connectivity index (χ0n) is 12.9. The molecule has 0 amide bonds. The first-order valence-electron chi connectivity index (χ1n) is 7.09. The summed E-state index contributed by atoms with van der Waals surface area (Å²) in [5.41, 5.74) is 2.39. The van der Waals surface area contributed by atoms with E-state index in [1.165, 1.54) is 0 Å². The van der Waals surface area contributed by atoms with Gasteiger partial charge < -0.3 is 0 Å². The Morgan fingerprint density at radius 3 is 1.62 bits per heavy atom. The van der Waals surface area contributed by atoms with E-state index in [1.807, 2.05) is 76.2 Å². The second kappa shape index (κ2) is 6.68. The predicted molar refractivity (Wildman–Crippen MR) is 92.9 cm³/mol. The summed E-state index contributed by atoms with van der Waals surface area (Å²) >= 11 is 6.74. The summed E-state index contributed by atoms with van der Waals surface area (Å²) in [4.78, 5) is 0. The summed E-state index contributed by atoms with van der Waals surface area (Å²) in [7, 11) is -2.88. The Labute approximate surface area is 132 Å². The molecule has 4 heteroatoms. The molecule has 0 spiro atoms. The summed E-state index contributed by atoms with van der Waals surface area (Å²) in [5, 5.41) is 0. The molecule has 0 atom stereocenters. The van der Waals surface area contributed by atoms with Gasteiger partial charge in [0.2, 0.25) is 0 Å². The van der Waals surface area contributed by atoms with E-state index < -0.39 is 7.07 Å². The molecule has 0 aliphatic carbocycles. The van der Waals surface area contributed by atoms with Crippen molar-refractivity contribution >= 4 is 18.3 Å². The van der Waals surface area contributed by atoms with Gasteiger partial charge in [0.1, 0.15) is 0 Å². The molecule has 0 unspecified atom stereocenters. The van der Waals surface area contributed by atoms with E-state index in [0.717, 1.165) is 22.6 Å². The van der Waals surface area contributed by atoms with Crippen LogP contribution in [0, 0.1) is 13.8 Å². The number of rotatable bonds is 5. The van der Waals surface area contributed by atoms with Crippen LogP contribution < -0.4 is 9.05 Å². The molecule has 0 heterocycles. The average molecular weight is 325 g/mol. The monoisotopic (exact) mass is 324 g/mol. The third kappa shape index (κ3) is 4.36. The van der Waals surface area contributed by atoms with Crippen molar-refractivity contribution in [2.24, 2.45) is 0 Å². The first kappa shape index (κ1) is 16.1. The quantitative estimate of drug-likeness (QED) is 0.637. The predicted octanol–water partition coefficient (Wildman–Crippen LogP) is 5.90. The SMILES string of the molecule is Cc1cccc(O[PH](Cl)(Oc2cccc(C)c2)C(C)C)c1. The Bertz CT molecular complexity index is 566. The zero-order valence-corrected chi connectivity index (χ0v) is 14.6. The fraction of sp³-hybridized carbons (Fsp3) is 0.294. The van der Waals surface area contributed by atoms with Crippen molar-refractivity contribution in [2.75, 3.05) is 0 Å². The third-order valence-corrected chi connectivity index (χ3v) is 7.36. The Balaban J connectivity index is 2.24. The Morgan fingerprint density at radius 2 is 1.29 bits per heavy atom. The summed E-state index contributed by atoms with van der Waals surface area (Å²) < 4.78 is 12.1. The molecule has 21 heavy (non-hydrogen) atoms. The van der Waals surface area contributed by atoms with Gasteiger partial charge in [-0.05, 0) is 0 Å². The van der Waals surface area contributed by atoms with E-state index in [2.05, 4.69) is 0 Å². The summed E-state index contributed by atoms with van der Waals surface area (Å²) in [5.74, 6) is 1.52. The van der Waals surface area contributed by atoms with E-state index in [0.29, 0.717) is 0 Å². The van der Waals surface area contributed by atoms with Gasteiger partial charge in [0, 0.05) is 0 Å². The van der Waals surface area contributed by atoms with Crippen molar-refractivity contribution in [3.8, 4) is 11.5 Å². The van der Waals surface area contributed by atoms with Crippen LogP contribution in [0.2, 0.25) is 0 Å². The van der Waals surface area contributed by atoms with Crippen LogP contribution in [0.4, 0.5) is 0 Å². The van der Waals surface area contributed by atoms with Gasteiger partial charge in [0.15, 0.2) is 0 Å². The Hall–Kier alpha value is -1.24. The van der Waals surface area contributed by atoms with Crippen molar-refractivity contribution in [3.05, 3.63) is 59.7 Å². The Morgan fingerprint density at radius 1 is 0.857 bits per heavy atom. The molecule has 0 fully saturated rings. The molecule has 0 N–H and O–H groups in total. The fourth-order valence-corrected chi connectivity index (χ4v) is 3.88. The molecule has 0 aliphatic heterocycles. The molecule has 2 aromatic carbocycles. The van der Waals surface area contributed by atoms with Crippen molar-refractivity contribution in [1.29, 1.82) is 0 Å². The minimum absolute atomic E-state index is 0.111. The molecular weight excluding hydrogens is 303 g/mol. The van der Waals surface area contributed by atoms with Gasteiger partial charge in [-0.2, -0.15) is 0 Å². The molecule has 0 aliphatic rings. The molecule has 0 radical (unpaired) electrons. The third-order valence-electron chi connectivity index (χ3n) is 3.18. The number of hydrogen-bond acceptors (Lipinski definition) is 2. The average Bonchev–Trinajstić information content (AvgIpc) is 2.38. The van der Waals surface area contributed by atoms with Crippen molar-refractivity contribution < 1.29 is 9.05 Å². The fourth-order valence-electron chi connectivity index (χ4n) is 1.94. The van der Waals surface area contributed by atoms with Crippen LogP contribution in [0.15, 0.2) is 48.5 Å². The van der Waals surface area contributed by atoms with Gasteiger partial charge in [-0.1, -0.05) is 0 Å². The molecule has 0 bridgehead atoms. The molecule has 0 saturated carbocycles. The van der Waals surface area contributed by atoms with Crippen LogP contribution in [0.3, 0.4) is 0 Å². The van der Waals surface area contributed by atoms with E-state index in [9.17, 15) is 0 Å². The van der Waals surface area contributed by atoms with E-state index >= 15 is 0 Å². The van der Waals surface area contributed by atoms with Crippen LogP contribution in [-0.4, -0.2) is 5.66 Å². The van der Waals surface area contributed by atoms with E-state index in [4.69, 9.17) is 20.3 Å². The normalized spacial score (nSPS) is 12.3. The molecular formula is C17H22ClO2P. The standard InChI is InChI=1S/C17H22ClO2P/c1-13(2)21(18,19-16-9-5-7-14(3)11-16)20-17-10-6-8-15(4)12-17/h5-13,21H,1-4H3. The van der Waals surface area contributed by atoms with Gasteiger partial charge in [-0.3, -0.25) is 0 Å². The maximum atomic E-state index is 6.74. The second-order valence-corrected chi connectivity index (χ2v) is 9.88. The van der Waals surface area contributed by atoms with Crippen molar-refractivity contribution in [1.82, 2.24) is 0 Å². The molecule has 2 rings (SSSR count). The molecule has 114 valence electrons. The van der Waals surface area contributed by atoms with Gasteiger partial charge in [-0.15, -0.1) is 0 Å². The van der Waals surface area contributed by atoms with Crippen LogP contribution in [0.5, 0.6) is 11.5 Å². The van der Waals surface area contributed by atoms with Crippen LogP contribution >= 0.6 is 18.3 Å². The van der Waals surface area contributed by atoms with Gasteiger partial charge in [0.05, 0.1) is 0 Å². The first-order valence-corrected chi connectivity index (χ1v) is 10.00. The van der Waals surface area contributed by atoms with Gasteiger partial charge in [0.25, 0.3) is 0 Å². The molecule has 2 nitrogen and oxygen atoms in total. The second-order valence-electron chi connectivity index (χ2n) is 5.57. The van der Waals surface area contributed by atoms with Gasteiger partial charge >= 0.3 is 132 Å². The summed E-state index contributed by atoms with van der Waals surface area (Å²) in [6.45, 7) is 8.12.